The van der Waals surface area contributed by atoms with Gasteiger partial charge in [0.15, 0.2) is 0 Å². The van der Waals surface area contributed by atoms with Gasteiger partial charge in [-0.2, -0.15) is 0 Å². The highest BCUT2D eigenvalue weighted by atomic mass is 14.6. The molecule has 0 radical (unpaired) electrons. The van der Waals surface area contributed by atoms with Gasteiger partial charge in [-0.05, 0) is 30.2 Å². The fourth-order valence-electron chi connectivity index (χ4n) is 1.58. The molecule has 2 N–H and O–H groups in total. The third-order valence-corrected chi connectivity index (χ3v) is 2.34. The molecule has 0 amide bonds. The second kappa shape index (κ2) is 4.71. The average molecular weight is 198 g/mol. The lowest BCUT2D eigenvalue weighted by Crippen LogP contribution is -2.02. The molecular weight excluding hydrogens is 184 g/mol. The third kappa shape index (κ3) is 2.42. The first-order chi connectivity index (χ1) is 7.40. The lowest BCUT2D eigenvalue weighted by Gasteiger charge is -2.03. The van der Waals surface area contributed by atoms with E-state index in [-0.39, 0.29) is 0 Å². The maximum Gasteiger partial charge on any atom is 0.0346 e. The van der Waals surface area contributed by atoms with Crippen molar-refractivity contribution < 1.29 is 0 Å². The Balaban J connectivity index is 2.33. The molecule has 2 heteroatoms. The molecule has 0 aliphatic carbocycles. The first-order valence-electron chi connectivity index (χ1n) is 5.09. The number of benzene rings is 1. The van der Waals surface area contributed by atoms with Crippen LogP contribution in [-0.2, 0) is 6.42 Å². The number of nitrogens with zero attached hydrogens (tertiary/aromatic N) is 1. The molecule has 0 saturated heterocycles. The predicted octanol–water partition coefficient (Wildman–Crippen LogP) is 2.25. The van der Waals surface area contributed by atoms with Gasteiger partial charge >= 0.3 is 0 Å². The van der Waals surface area contributed by atoms with E-state index in [1.165, 1.54) is 11.1 Å². The molecule has 0 bridgehead atoms. The van der Waals surface area contributed by atoms with Gasteiger partial charge in [-0.1, -0.05) is 30.3 Å². The van der Waals surface area contributed by atoms with Gasteiger partial charge in [-0.3, -0.25) is 4.98 Å². The number of pyridine rings is 1. The summed E-state index contributed by atoms with van der Waals surface area (Å²) in [6, 6.07) is 12.4. The van der Waals surface area contributed by atoms with Gasteiger partial charge in [0.25, 0.3) is 0 Å². The Hall–Kier alpha value is -1.67. The Morgan fingerprint density at radius 1 is 1.00 bits per heavy atom. The summed E-state index contributed by atoms with van der Waals surface area (Å²) in [5.74, 6) is 0. The van der Waals surface area contributed by atoms with Crippen LogP contribution in [0.4, 0.5) is 0 Å². The maximum atomic E-state index is 5.52. The minimum Gasteiger partial charge on any atom is -0.330 e. The number of hydrogen-bond acceptors (Lipinski definition) is 2. The number of hydrogen-bond donors (Lipinski definition) is 1. The van der Waals surface area contributed by atoms with Crippen LogP contribution in [0.2, 0.25) is 0 Å². The van der Waals surface area contributed by atoms with E-state index >= 15 is 0 Å². The first kappa shape index (κ1) is 9.87. The zero-order valence-electron chi connectivity index (χ0n) is 8.56. The van der Waals surface area contributed by atoms with Crippen molar-refractivity contribution in [3.05, 3.63) is 54.4 Å². The molecule has 2 aromatic rings. The van der Waals surface area contributed by atoms with Crippen LogP contribution in [0.3, 0.4) is 0 Å². The molecule has 1 heterocycles. The van der Waals surface area contributed by atoms with Gasteiger partial charge < -0.3 is 5.73 Å². The molecule has 76 valence electrons. The average Bonchev–Trinajstić information content (AvgIpc) is 2.31. The van der Waals surface area contributed by atoms with E-state index in [0.717, 1.165) is 12.0 Å². The topological polar surface area (TPSA) is 38.9 Å². The zero-order valence-corrected chi connectivity index (χ0v) is 8.56. The normalized spacial score (nSPS) is 10.2. The predicted molar refractivity (Wildman–Crippen MR) is 62.4 cm³/mol. The van der Waals surface area contributed by atoms with Gasteiger partial charge in [0.2, 0.25) is 0 Å². The minimum atomic E-state index is 0.667. The van der Waals surface area contributed by atoms with Crippen LogP contribution in [0.5, 0.6) is 0 Å². The lowest BCUT2D eigenvalue weighted by molar-refractivity contribution is 0.959. The van der Waals surface area contributed by atoms with Crippen LogP contribution in [-0.4, -0.2) is 11.5 Å². The van der Waals surface area contributed by atoms with Gasteiger partial charge in [-0.15, -0.1) is 0 Å². The van der Waals surface area contributed by atoms with Crippen LogP contribution < -0.4 is 5.73 Å². The monoisotopic (exact) mass is 198 g/mol. The Morgan fingerprint density at radius 3 is 2.53 bits per heavy atom. The van der Waals surface area contributed by atoms with Crippen molar-refractivity contribution in [2.24, 2.45) is 5.73 Å². The van der Waals surface area contributed by atoms with Crippen molar-refractivity contribution in [2.75, 3.05) is 6.54 Å². The number of rotatable bonds is 3. The zero-order chi connectivity index (χ0) is 10.5. The van der Waals surface area contributed by atoms with Gasteiger partial charge in [0, 0.05) is 18.0 Å². The van der Waals surface area contributed by atoms with Crippen molar-refractivity contribution in [2.45, 2.75) is 6.42 Å². The SMILES string of the molecule is NCCc1cncc(-c2ccccc2)c1. The highest BCUT2D eigenvalue weighted by Gasteiger charge is 1.98. The van der Waals surface area contributed by atoms with Gasteiger partial charge in [0.1, 0.15) is 0 Å². The standard InChI is InChI=1S/C13H14N2/c14-7-6-11-8-13(10-15-9-11)12-4-2-1-3-5-12/h1-5,8-10H,6-7,14H2. The van der Waals surface area contributed by atoms with Crippen molar-refractivity contribution >= 4 is 0 Å². The summed E-state index contributed by atoms with van der Waals surface area (Å²) in [6.07, 6.45) is 4.64. The summed E-state index contributed by atoms with van der Waals surface area (Å²) in [4.78, 5) is 4.22. The fraction of sp³-hybridized carbons (Fsp3) is 0.154. The highest BCUT2D eigenvalue weighted by Crippen LogP contribution is 2.18. The van der Waals surface area contributed by atoms with Crippen LogP contribution in [0, 0.1) is 0 Å². The fourth-order valence-corrected chi connectivity index (χ4v) is 1.58. The van der Waals surface area contributed by atoms with Crippen LogP contribution in [0.1, 0.15) is 5.56 Å². The van der Waals surface area contributed by atoms with Gasteiger partial charge in [-0.25, -0.2) is 0 Å². The molecule has 15 heavy (non-hydrogen) atoms. The third-order valence-electron chi connectivity index (χ3n) is 2.34. The maximum absolute atomic E-state index is 5.52. The quantitative estimate of drug-likeness (QED) is 0.821. The van der Waals surface area contributed by atoms with E-state index in [1.807, 2.05) is 30.6 Å². The Morgan fingerprint density at radius 2 is 1.80 bits per heavy atom. The molecule has 0 fully saturated rings. The van der Waals surface area contributed by atoms with E-state index in [0.29, 0.717) is 6.54 Å². The van der Waals surface area contributed by atoms with Crippen molar-refractivity contribution in [1.29, 1.82) is 0 Å². The molecule has 0 aliphatic heterocycles. The van der Waals surface area contributed by atoms with Crippen LogP contribution in [0.25, 0.3) is 11.1 Å². The number of aromatic nitrogens is 1. The molecule has 0 aliphatic rings. The summed E-state index contributed by atoms with van der Waals surface area (Å²) in [5.41, 5.74) is 9.07. The molecule has 2 rings (SSSR count). The second-order valence-electron chi connectivity index (χ2n) is 3.49. The molecule has 0 atom stereocenters. The molecular formula is C13H14N2. The summed E-state index contributed by atoms with van der Waals surface area (Å²) < 4.78 is 0. The van der Waals surface area contributed by atoms with Crippen molar-refractivity contribution in [3.8, 4) is 11.1 Å². The minimum absolute atomic E-state index is 0.667. The largest absolute Gasteiger partial charge is 0.330 e. The number of nitrogens with two attached hydrogens (primary N) is 1. The molecule has 1 aromatic carbocycles. The molecule has 1 aromatic heterocycles. The molecule has 0 unspecified atom stereocenters. The second-order valence-corrected chi connectivity index (χ2v) is 3.49. The van der Waals surface area contributed by atoms with E-state index in [9.17, 15) is 0 Å². The van der Waals surface area contributed by atoms with E-state index in [1.54, 1.807) is 0 Å². The van der Waals surface area contributed by atoms with E-state index in [2.05, 4.69) is 23.2 Å². The first-order valence-corrected chi connectivity index (χ1v) is 5.09. The van der Waals surface area contributed by atoms with E-state index < -0.39 is 0 Å². The van der Waals surface area contributed by atoms with E-state index in [4.69, 9.17) is 5.73 Å². The van der Waals surface area contributed by atoms with Gasteiger partial charge in [0.05, 0.1) is 0 Å². The summed E-state index contributed by atoms with van der Waals surface area (Å²) in [6.45, 7) is 0.667. The molecule has 2 nitrogen and oxygen atoms in total. The summed E-state index contributed by atoms with van der Waals surface area (Å²) in [7, 11) is 0. The lowest BCUT2D eigenvalue weighted by atomic mass is 10.1. The van der Waals surface area contributed by atoms with Crippen LogP contribution >= 0.6 is 0 Å². The molecule has 0 spiro atoms. The van der Waals surface area contributed by atoms with Crippen LogP contribution in [0.15, 0.2) is 48.8 Å². The van der Waals surface area contributed by atoms with Crippen molar-refractivity contribution in [3.63, 3.8) is 0 Å². The summed E-state index contributed by atoms with van der Waals surface area (Å²) in [5, 5.41) is 0. The Kier molecular flexibility index (Phi) is 3.10. The smallest absolute Gasteiger partial charge is 0.0346 e. The Bertz CT molecular complexity index is 424. The van der Waals surface area contributed by atoms with Crippen molar-refractivity contribution in [1.82, 2.24) is 4.98 Å². The summed E-state index contributed by atoms with van der Waals surface area (Å²) >= 11 is 0. The Labute approximate surface area is 89.8 Å². The molecule has 0 saturated carbocycles. The highest BCUT2D eigenvalue weighted by molar-refractivity contribution is 5.62.